The number of carbonyl (C=O) groups is 1. The molecular weight excluding hydrogens is 250 g/mol. The van der Waals surface area contributed by atoms with Crippen LogP contribution in [-0.4, -0.2) is 41.6 Å². The number of hydrogen-bond donors (Lipinski definition) is 1. The van der Waals surface area contributed by atoms with E-state index in [4.69, 9.17) is 0 Å². The lowest BCUT2D eigenvalue weighted by Gasteiger charge is -2.20. The molecule has 1 amide bonds. The van der Waals surface area contributed by atoms with E-state index < -0.39 is 0 Å². The molecule has 0 unspecified atom stereocenters. The summed E-state index contributed by atoms with van der Waals surface area (Å²) >= 11 is 0. The molecule has 0 aromatic carbocycles. The van der Waals surface area contributed by atoms with Crippen molar-refractivity contribution in [2.45, 2.75) is 46.6 Å². The molecule has 0 bridgehead atoms. The van der Waals surface area contributed by atoms with Crippen molar-refractivity contribution in [3.8, 4) is 0 Å². The highest BCUT2D eigenvalue weighted by molar-refractivity contribution is 5.79. The minimum atomic E-state index is 0.262. The minimum Gasteiger partial charge on any atom is -0.346 e. The lowest BCUT2D eigenvalue weighted by Crippen LogP contribution is -2.35. The van der Waals surface area contributed by atoms with Gasteiger partial charge in [0, 0.05) is 37.1 Å². The molecule has 2 heterocycles. The monoisotopic (exact) mass is 277 g/mol. The fraction of sp³-hybridized carbons (Fsp3) is 0.688. The number of rotatable bonds is 3. The van der Waals surface area contributed by atoms with Gasteiger partial charge in [-0.25, -0.2) is 0 Å². The van der Waals surface area contributed by atoms with Gasteiger partial charge in [-0.15, -0.1) is 0 Å². The fourth-order valence-corrected chi connectivity index (χ4v) is 3.19. The quantitative estimate of drug-likeness (QED) is 0.918. The second-order valence-corrected chi connectivity index (χ2v) is 6.02. The molecule has 1 aromatic rings. The molecule has 0 saturated carbocycles. The predicted molar refractivity (Wildman–Crippen MR) is 82.1 cm³/mol. The summed E-state index contributed by atoms with van der Waals surface area (Å²) in [5.74, 6) is 0.262. The highest BCUT2D eigenvalue weighted by Gasteiger charge is 2.19. The highest BCUT2D eigenvalue weighted by atomic mass is 16.2. The summed E-state index contributed by atoms with van der Waals surface area (Å²) in [7, 11) is 0. The second kappa shape index (κ2) is 6.44. The van der Waals surface area contributed by atoms with E-state index in [1.165, 1.54) is 17.0 Å². The third-order valence-electron chi connectivity index (χ3n) is 4.14. The highest BCUT2D eigenvalue weighted by Crippen LogP contribution is 2.21. The first-order valence-electron chi connectivity index (χ1n) is 7.66. The van der Waals surface area contributed by atoms with E-state index in [1.807, 2.05) is 4.90 Å². The molecule has 1 aliphatic rings. The van der Waals surface area contributed by atoms with E-state index in [2.05, 4.69) is 43.6 Å². The molecule has 112 valence electrons. The van der Waals surface area contributed by atoms with Gasteiger partial charge in [0.15, 0.2) is 0 Å². The van der Waals surface area contributed by atoms with Crippen LogP contribution in [-0.2, 0) is 11.2 Å². The largest absolute Gasteiger partial charge is 0.346 e. The van der Waals surface area contributed by atoms with Gasteiger partial charge in [0.25, 0.3) is 0 Å². The van der Waals surface area contributed by atoms with Crippen LogP contribution in [0.4, 0.5) is 0 Å². The van der Waals surface area contributed by atoms with Crippen LogP contribution in [0.2, 0.25) is 0 Å². The van der Waals surface area contributed by atoms with Gasteiger partial charge < -0.3 is 14.8 Å². The van der Waals surface area contributed by atoms with Crippen LogP contribution in [0.15, 0.2) is 6.07 Å². The molecule has 1 aromatic heterocycles. The van der Waals surface area contributed by atoms with Gasteiger partial charge in [-0.2, -0.15) is 0 Å². The van der Waals surface area contributed by atoms with Crippen molar-refractivity contribution in [1.29, 1.82) is 0 Å². The van der Waals surface area contributed by atoms with Gasteiger partial charge >= 0.3 is 0 Å². The molecule has 1 saturated heterocycles. The van der Waals surface area contributed by atoms with Crippen LogP contribution in [0.25, 0.3) is 0 Å². The zero-order valence-corrected chi connectivity index (χ0v) is 13.2. The normalized spacial score (nSPS) is 16.6. The number of aromatic nitrogens is 1. The summed E-state index contributed by atoms with van der Waals surface area (Å²) in [4.78, 5) is 14.5. The minimum absolute atomic E-state index is 0.262. The Morgan fingerprint density at radius 3 is 2.70 bits per heavy atom. The van der Waals surface area contributed by atoms with Gasteiger partial charge in [-0.05, 0) is 52.3 Å². The first-order chi connectivity index (χ1) is 9.50. The summed E-state index contributed by atoms with van der Waals surface area (Å²) in [6.07, 6.45) is 1.59. The zero-order valence-electron chi connectivity index (χ0n) is 13.2. The van der Waals surface area contributed by atoms with Gasteiger partial charge in [-0.1, -0.05) is 0 Å². The number of nitrogens with one attached hydrogen (secondary N) is 1. The number of hydrogen-bond acceptors (Lipinski definition) is 2. The number of nitrogens with zero attached hydrogens (tertiary/aromatic N) is 2. The molecule has 4 heteroatoms. The summed E-state index contributed by atoms with van der Waals surface area (Å²) in [5.41, 5.74) is 3.66. The SMILES string of the molecule is Cc1cc(CC(=O)N2CCCNCC2)c(C)n1C(C)C. The summed E-state index contributed by atoms with van der Waals surface area (Å²) in [5, 5.41) is 3.34. The van der Waals surface area contributed by atoms with Crippen LogP contribution < -0.4 is 5.32 Å². The molecule has 1 N–H and O–H groups in total. The lowest BCUT2D eigenvalue weighted by atomic mass is 10.1. The van der Waals surface area contributed by atoms with E-state index in [9.17, 15) is 4.79 Å². The Balaban J connectivity index is 2.09. The van der Waals surface area contributed by atoms with Crippen molar-refractivity contribution >= 4 is 5.91 Å². The summed E-state index contributed by atoms with van der Waals surface area (Å²) in [6, 6.07) is 2.62. The first-order valence-corrected chi connectivity index (χ1v) is 7.66. The maximum absolute atomic E-state index is 12.5. The topological polar surface area (TPSA) is 37.3 Å². The van der Waals surface area contributed by atoms with Crippen molar-refractivity contribution in [2.75, 3.05) is 26.2 Å². The molecule has 1 aliphatic heterocycles. The Morgan fingerprint density at radius 1 is 1.30 bits per heavy atom. The Kier molecular flexibility index (Phi) is 4.86. The van der Waals surface area contributed by atoms with Crippen LogP contribution >= 0.6 is 0 Å². The van der Waals surface area contributed by atoms with Gasteiger partial charge in [0.05, 0.1) is 6.42 Å². The Morgan fingerprint density at radius 2 is 2.05 bits per heavy atom. The maximum Gasteiger partial charge on any atom is 0.227 e. The van der Waals surface area contributed by atoms with Crippen molar-refractivity contribution in [3.63, 3.8) is 0 Å². The molecule has 0 atom stereocenters. The first kappa shape index (κ1) is 15.1. The second-order valence-electron chi connectivity index (χ2n) is 6.02. The smallest absolute Gasteiger partial charge is 0.227 e. The molecule has 0 radical (unpaired) electrons. The van der Waals surface area contributed by atoms with Crippen LogP contribution in [0.1, 0.15) is 43.3 Å². The van der Waals surface area contributed by atoms with Crippen molar-refractivity contribution in [2.24, 2.45) is 0 Å². The van der Waals surface area contributed by atoms with E-state index in [0.717, 1.165) is 32.6 Å². The molecular formula is C16H27N3O. The fourth-order valence-electron chi connectivity index (χ4n) is 3.19. The van der Waals surface area contributed by atoms with Crippen LogP contribution in [0, 0.1) is 13.8 Å². The van der Waals surface area contributed by atoms with Crippen LogP contribution in [0.5, 0.6) is 0 Å². The zero-order chi connectivity index (χ0) is 14.7. The average molecular weight is 277 g/mol. The van der Waals surface area contributed by atoms with E-state index in [-0.39, 0.29) is 5.91 Å². The number of amides is 1. The standard InChI is InChI=1S/C16H27N3O/c1-12(2)19-13(3)10-15(14(19)4)11-16(20)18-8-5-6-17-7-9-18/h10,12,17H,5-9,11H2,1-4H3. The van der Waals surface area contributed by atoms with Crippen molar-refractivity contribution in [3.05, 3.63) is 23.0 Å². The van der Waals surface area contributed by atoms with Crippen LogP contribution in [0.3, 0.4) is 0 Å². The summed E-state index contributed by atoms with van der Waals surface area (Å²) in [6.45, 7) is 12.3. The molecule has 20 heavy (non-hydrogen) atoms. The molecule has 0 spiro atoms. The Hall–Kier alpha value is -1.29. The van der Waals surface area contributed by atoms with Crippen molar-refractivity contribution < 1.29 is 4.79 Å². The van der Waals surface area contributed by atoms with E-state index in [0.29, 0.717) is 12.5 Å². The average Bonchev–Trinajstić information content (AvgIpc) is 2.60. The third kappa shape index (κ3) is 3.23. The molecule has 1 fully saturated rings. The third-order valence-corrected chi connectivity index (χ3v) is 4.14. The number of carbonyl (C=O) groups excluding carboxylic acids is 1. The number of aryl methyl sites for hydroxylation is 1. The Labute approximate surface area is 122 Å². The van der Waals surface area contributed by atoms with Gasteiger partial charge in [-0.3, -0.25) is 4.79 Å². The lowest BCUT2D eigenvalue weighted by molar-refractivity contribution is -0.130. The maximum atomic E-state index is 12.5. The molecule has 0 aliphatic carbocycles. The van der Waals surface area contributed by atoms with Crippen molar-refractivity contribution in [1.82, 2.24) is 14.8 Å². The summed E-state index contributed by atoms with van der Waals surface area (Å²) < 4.78 is 2.31. The molecule has 2 rings (SSSR count). The van der Waals surface area contributed by atoms with Gasteiger partial charge in [0.1, 0.15) is 0 Å². The van der Waals surface area contributed by atoms with Gasteiger partial charge in [0.2, 0.25) is 5.91 Å². The molecule has 4 nitrogen and oxygen atoms in total. The Bertz CT molecular complexity index is 468. The van der Waals surface area contributed by atoms with E-state index in [1.54, 1.807) is 0 Å². The van der Waals surface area contributed by atoms with E-state index >= 15 is 0 Å². The predicted octanol–water partition coefficient (Wildman–Crippen LogP) is 2.05.